The molecule has 0 spiro atoms. The Kier molecular flexibility index (Phi) is 11.2. The molecular weight excluding hydrogens is 493 g/mol. The number of rotatable bonds is 8. The number of nitrogens with one attached hydrogen (secondary N) is 1. The molecule has 0 aromatic heterocycles. The van der Waals surface area contributed by atoms with E-state index >= 15 is 0 Å². The molecule has 1 N–H and O–H groups in total. The van der Waals surface area contributed by atoms with Crippen molar-refractivity contribution < 1.29 is 9.53 Å². The summed E-state index contributed by atoms with van der Waals surface area (Å²) in [5.74, 6) is 3.31. The van der Waals surface area contributed by atoms with Crippen molar-refractivity contribution in [2.75, 3.05) is 72.1 Å². The third kappa shape index (κ3) is 8.49. The minimum Gasteiger partial charge on any atom is -0.379 e. The maximum atomic E-state index is 12.8. The minimum atomic E-state index is 0. The summed E-state index contributed by atoms with van der Waals surface area (Å²) in [5.41, 5.74) is 0. The predicted molar refractivity (Wildman–Crippen MR) is 132 cm³/mol. The monoisotopic (exact) mass is 535 g/mol. The number of piperazine rings is 1. The van der Waals surface area contributed by atoms with Crippen LogP contribution in [0.4, 0.5) is 0 Å². The third-order valence-electron chi connectivity index (χ3n) is 6.13. The van der Waals surface area contributed by atoms with Gasteiger partial charge in [-0.2, -0.15) is 0 Å². The van der Waals surface area contributed by atoms with Crippen molar-refractivity contribution in [3.63, 3.8) is 0 Å². The van der Waals surface area contributed by atoms with Gasteiger partial charge in [-0.1, -0.05) is 13.8 Å². The van der Waals surface area contributed by atoms with Crippen LogP contribution in [0.15, 0.2) is 4.99 Å². The number of carbonyl (C=O) groups is 1. The number of carbonyl (C=O) groups excluding carboxylic acids is 1. The molecule has 8 heteroatoms. The lowest BCUT2D eigenvalue weighted by molar-refractivity contribution is -0.135. The lowest BCUT2D eigenvalue weighted by Gasteiger charge is -2.39. The highest BCUT2D eigenvalue weighted by molar-refractivity contribution is 14.0. The number of halogens is 1. The first-order valence-electron chi connectivity index (χ1n) is 11.7. The SMILES string of the molecule is CCNC(=NCCOCC1CC1)N1CCN(CC(=O)N2CC(C)CC(C)C2)CC1.I. The van der Waals surface area contributed by atoms with Gasteiger partial charge >= 0.3 is 0 Å². The fourth-order valence-corrected chi connectivity index (χ4v) is 4.45. The number of amides is 1. The van der Waals surface area contributed by atoms with Crippen molar-refractivity contribution in [2.24, 2.45) is 22.7 Å². The molecule has 3 aliphatic rings. The number of hydrogen-bond donors (Lipinski definition) is 1. The minimum absolute atomic E-state index is 0. The maximum Gasteiger partial charge on any atom is 0.236 e. The zero-order valence-corrected chi connectivity index (χ0v) is 21.5. The van der Waals surface area contributed by atoms with E-state index in [4.69, 9.17) is 9.73 Å². The summed E-state index contributed by atoms with van der Waals surface area (Å²) in [6, 6.07) is 0. The smallest absolute Gasteiger partial charge is 0.236 e. The van der Waals surface area contributed by atoms with E-state index in [9.17, 15) is 4.79 Å². The van der Waals surface area contributed by atoms with Crippen LogP contribution in [0.25, 0.3) is 0 Å². The van der Waals surface area contributed by atoms with Gasteiger partial charge in [0.2, 0.25) is 5.91 Å². The van der Waals surface area contributed by atoms with E-state index in [1.54, 1.807) is 0 Å². The number of piperidine rings is 1. The summed E-state index contributed by atoms with van der Waals surface area (Å²) in [6.45, 7) is 15.8. The molecule has 0 radical (unpaired) electrons. The van der Waals surface area contributed by atoms with Crippen molar-refractivity contribution in [1.82, 2.24) is 20.0 Å². The largest absolute Gasteiger partial charge is 0.379 e. The highest BCUT2D eigenvalue weighted by Crippen LogP contribution is 2.28. The average Bonchev–Trinajstić information content (AvgIpc) is 3.51. The van der Waals surface area contributed by atoms with Crippen molar-refractivity contribution in [1.29, 1.82) is 0 Å². The Morgan fingerprint density at radius 1 is 1.07 bits per heavy atom. The van der Waals surface area contributed by atoms with Crippen LogP contribution >= 0.6 is 24.0 Å². The van der Waals surface area contributed by atoms with Crippen LogP contribution in [-0.4, -0.2) is 98.7 Å². The Balaban J connectivity index is 0.00000320. The summed E-state index contributed by atoms with van der Waals surface area (Å²) in [6.07, 6.45) is 3.89. The van der Waals surface area contributed by atoms with Gasteiger partial charge in [-0.25, -0.2) is 0 Å². The maximum absolute atomic E-state index is 12.8. The van der Waals surface area contributed by atoms with Crippen LogP contribution < -0.4 is 5.32 Å². The zero-order chi connectivity index (χ0) is 20.6. The first-order valence-corrected chi connectivity index (χ1v) is 11.7. The van der Waals surface area contributed by atoms with E-state index in [1.807, 2.05) is 0 Å². The lowest BCUT2D eigenvalue weighted by atomic mass is 9.92. The molecule has 1 amide bonds. The fourth-order valence-electron chi connectivity index (χ4n) is 4.45. The van der Waals surface area contributed by atoms with Crippen LogP contribution in [0.3, 0.4) is 0 Å². The number of hydrogen-bond acceptors (Lipinski definition) is 4. The Bertz CT molecular complexity index is 540. The molecule has 0 bridgehead atoms. The van der Waals surface area contributed by atoms with E-state index in [-0.39, 0.29) is 24.0 Å². The summed E-state index contributed by atoms with van der Waals surface area (Å²) in [7, 11) is 0. The second-order valence-electron chi connectivity index (χ2n) is 9.26. The second-order valence-corrected chi connectivity index (χ2v) is 9.26. The molecule has 2 aliphatic heterocycles. The summed E-state index contributed by atoms with van der Waals surface area (Å²) in [5, 5.41) is 3.41. The Morgan fingerprint density at radius 2 is 1.73 bits per heavy atom. The molecule has 3 rings (SSSR count). The number of ether oxygens (including phenoxy) is 1. The van der Waals surface area contributed by atoms with Crippen LogP contribution in [0, 0.1) is 17.8 Å². The van der Waals surface area contributed by atoms with Gasteiger partial charge in [0.1, 0.15) is 0 Å². The summed E-state index contributed by atoms with van der Waals surface area (Å²) in [4.78, 5) is 24.2. The van der Waals surface area contributed by atoms with Gasteiger partial charge in [-0.05, 0) is 43.9 Å². The van der Waals surface area contributed by atoms with Gasteiger partial charge in [-0.3, -0.25) is 14.7 Å². The fraction of sp³-hybridized carbons (Fsp3) is 0.909. The van der Waals surface area contributed by atoms with Crippen molar-refractivity contribution in [2.45, 2.75) is 40.0 Å². The molecular formula is C22H42IN5O2. The second kappa shape index (κ2) is 13.1. The Morgan fingerprint density at radius 3 is 2.33 bits per heavy atom. The molecule has 1 saturated carbocycles. The molecule has 0 aromatic rings. The van der Waals surface area contributed by atoms with Crippen molar-refractivity contribution in [3.05, 3.63) is 0 Å². The van der Waals surface area contributed by atoms with Gasteiger partial charge in [0.15, 0.2) is 5.96 Å². The van der Waals surface area contributed by atoms with E-state index in [0.717, 1.165) is 64.3 Å². The third-order valence-corrected chi connectivity index (χ3v) is 6.13. The van der Waals surface area contributed by atoms with E-state index in [0.29, 0.717) is 37.4 Å². The van der Waals surface area contributed by atoms with Gasteiger partial charge in [0.25, 0.3) is 0 Å². The summed E-state index contributed by atoms with van der Waals surface area (Å²) < 4.78 is 5.70. The molecule has 0 aromatic carbocycles. The average molecular weight is 536 g/mol. The molecule has 174 valence electrons. The van der Waals surface area contributed by atoms with E-state index in [1.165, 1.54) is 19.3 Å². The number of guanidine groups is 1. The van der Waals surface area contributed by atoms with Crippen LogP contribution in [0.1, 0.15) is 40.0 Å². The van der Waals surface area contributed by atoms with Crippen molar-refractivity contribution in [3.8, 4) is 0 Å². The van der Waals surface area contributed by atoms with Crippen LogP contribution in [0.2, 0.25) is 0 Å². The van der Waals surface area contributed by atoms with Gasteiger partial charge < -0.3 is 19.9 Å². The highest BCUT2D eigenvalue weighted by Gasteiger charge is 2.28. The Labute approximate surface area is 200 Å². The quantitative estimate of drug-likeness (QED) is 0.223. The molecule has 2 atom stereocenters. The lowest BCUT2D eigenvalue weighted by Crippen LogP contribution is -2.55. The van der Waals surface area contributed by atoms with Crippen molar-refractivity contribution >= 4 is 35.8 Å². The molecule has 2 unspecified atom stereocenters. The van der Waals surface area contributed by atoms with Gasteiger partial charge in [-0.15, -0.1) is 24.0 Å². The zero-order valence-electron chi connectivity index (χ0n) is 19.1. The van der Waals surface area contributed by atoms with Crippen LogP contribution in [0.5, 0.6) is 0 Å². The standard InChI is InChI=1S/C22H41N5O2.HI/c1-4-23-22(24-7-12-29-17-20-5-6-20)26-10-8-25(9-11-26)16-21(28)27-14-18(2)13-19(3)15-27;/h18-20H,4-17H2,1-3H3,(H,23,24);1H. The topological polar surface area (TPSA) is 60.4 Å². The Hall–Kier alpha value is -0.610. The molecule has 3 fully saturated rings. The molecule has 2 heterocycles. The number of aliphatic imine (C=N–C) groups is 1. The highest BCUT2D eigenvalue weighted by atomic mass is 127. The predicted octanol–water partition coefficient (Wildman–Crippen LogP) is 2.12. The molecule has 7 nitrogen and oxygen atoms in total. The summed E-state index contributed by atoms with van der Waals surface area (Å²) >= 11 is 0. The number of likely N-dealkylation sites (tertiary alicyclic amines) is 1. The molecule has 30 heavy (non-hydrogen) atoms. The first kappa shape index (κ1) is 25.6. The van der Waals surface area contributed by atoms with Crippen LogP contribution in [-0.2, 0) is 9.53 Å². The molecule has 2 saturated heterocycles. The van der Waals surface area contributed by atoms with E-state index in [2.05, 4.69) is 40.8 Å². The number of nitrogens with zero attached hydrogens (tertiary/aromatic N) is 4. The first-order chi connectivity index (χ1) is 14.0. The molecule has 1 aliphatic carbocycles. The normalized spacial score (nSPS) is 25.8. The van der Waals surface area contributed by atoms with E-state index < -0.39 is 0 Å². The van der Waals surface area contributed by atoms with Gasteiger partial charge in [0, 0.05) is 52.4 Å². The van der Waals surface area contributed by atoms with Gasteiger partial charge in [0.05, 0.1) is 19.7 Å².